The van der Waals surface area contributed by atoms with Crippen LogP contribution in [0.1, 0.15) is 20.3 Å². The first-order chi connectivity index (χ1) is 8.07. The molecule has 2 atom stereocenters. The number of allylic oxidation sites excluding steroid dienone is 2. The van der Waals surface area contributed by atoms with Crippen LogP contribution in [0.15, 0.2) is 23.4 Å². The number of fused-ring (bicyclic) bond motifs is 1. The van der Waals surface area contributed by atoms with E-state index in [2.05, 4.69) is 0 Å². The summed E-state index contributed by atoms with van der Waals surface area (Å²) in [6, 6.07) is 0. The molecule has 1 N–H and O–H groups in total. The van der Waals surface area contributed by atoms with E-state index in [9.17, 15) is 14.7 Å². The fourth-order valence-electron chi connectivity index (χ4n) is 2.09. The predicted octanol–water partition coefficient (Wildman–Crippen LogP) is 1.84. The highest BCUT2D eigenvalue weighted by molar-refractivity contribution is 8.00. The fraction of sp³-hybridized carbons (Fsp3) is 0.500. The molecule has 1 fully saturated rings. The minimum atomic E-state index is -1.01. The second-order valence-corrected chi connectivity index (χ2v) is 5.29. The molecule has 2 heterocycles. The van der Waals surface area contributed by atoms with Crippen LogP contribution in [0.3, 0.4) is 0 Å². The van der Waals surface area contributed by atoms with E-state index in [1.807, 2.05) is 26.0 Å². The lowest BCUT2D eigenvalue weighted by molar-refractivity contribution is -0.151. The standard InChI is InChI=1S/C12H15NO3S/c1-3-4-5-8-6-17-11-7(2)10(14)13(11)9(8)12(15)16/h4-5,7,11H,3,6H2,1-2H3,(H,15,16)/b5-4+/t7?,11-/m1/s1. The quantitative estimate of drug-likeness (QED) is 0.780. The van der Waals surface area contributed by atoms with E-state index in [-0.39, 0.29) is 22.9 Å². The van der Waals surface area contributed by atoms with Gasteiger partial charge in [0, 0.05) is 5.75 Å². The van der Waals surface area contributed by atoms with E-state index in [4.69, 9.17) is 0 Å². The number of hydrogen-bond donors (Lipinski definition) is 1. The Morgan fingerprint density at radius 2 is 2.35 bits per heavy atom. The molecular weight excluding hydrogens is 238 g/mol. The van der Waals surface area contributed by atoms with Crippen LogP contribution in [-0.2, 0) is 9.59 Å². The average Bonchev–Trinajstić information content (AvgIpc) is 2.33. The highest BCUT2D eigenvalue weighted by Crippen LogP contribution is 2.43. The molecule has 0 aliphatic carbocycles. The number of carboxylic acid groups (broad SMARTS) is 1. The van der Waals surface area contributed by atoms with Crippen molar-refractivity contribution in [2.75, 3.05) is 5.75 Å². The number of hydrogen-bond acceptors (Lipinski definition) is 3. The number of thioether (sulfide) groups is 1. The maximum Gasteiger partial charge on any atom is 0.352 e. The van der Waals surface area contributed by atoms with Crippen molar-refractivity contribution in [3.63, 3.8) is 0 Å². The van der Waals surface area contributed by atoms with Crippen LogP contribution in [0.25, 0.3) is 0 Å². The van der Waals surface area contributed by atoms with Gasteiger partial charge in [-0.25, -0.2) is 4.79 Å². The van der Waals surface area contributed by atoms with Gasteiger partial charge in [0.25, 0.3) is 0 Å². The van der Waals surface area contributed by atoms with Gasteiger partial charge in [0.1, 0.15) is 5.70 Å². The largest absolute Gasteiger partial charge is 0.477 e. The van der Waals surface area contributed by atoms with Crippen molar-refractivity contribution in [1.29, 1.82) is 0 Å². The van der Waals surface area contributed by atoms with Gasteiger partial charge in [-0.05, 0) is 12.0 Å². The monoisotopic (exact) mass is 253 g/mol. The molecular formula is C12H15NO3S. The lowest BCUT2D eigenvalue weighted by Crippen LogP contribution is -2.60. The first-order valence-electron chi connectivity index (χ1n) is 5.65. The Kier molecular flexibility index (Phi) is 3.28. The summed E-state index contributed by atoms with van der Waals surface area (Å²) < 4.78 is 0. The Hall–Kier alpha value is -1.23. The lowest BCUT2D eigenvalue weighted by atomic mass is 9.97. The first-order valence-corrected chi connectivity index (χ1v) is 6.70. The molecule has 0 aromatic carbocycles. The van der Waals surface area contributed by atoms with Gasteiger partial charge >= 0.3 is 5.97 Å². The number of carbonyl (C=O) groups excluding carboxylic acids is 1. The number of carboxylic acids is 1. The van der Waals surface area contributed by atoms with E-state index in [0.717, 1.165) is 12.0 Å². The molecule has 0 bridgehead atoms. The second kappa shape index (κ2) is 4.56. The Balaban J connectivity index is 2.36. The van der Waals surface area contributed by atoms with E-state index < -0.39 is 5.97 Å². The zero-order valence-corrected chi connectivity index (χ0v) is 10.7. The number of nitrogens with zero attached hydrogens (tertiary/aromatic N) is 1. The number of carbonyl (C=O) groups is 2. The van der Waals surface area contributed by atoms with Gasteiger partial charge in [-0.2, -0.15) is 0 Å². The SMILES string of the molecule is CC/C=C/C1=C(C(=O)O)N2C(=O)C(C)[C@H]2SC1. The van der Waals surface area contributed by atoms with Gasteiger partial charge in [0.15, 0.2) is 0 Å². The molecule has 92 valence electrons. The van der Waals surface area contributed by atoms with Gasteiger partial charge in [0.2, 0.25) is 5.91 Å². The van der Waals surface area contributed by atoms with Crippen LogP contribution in [0.4, 0.5) is 0 Å². The van der Waals surface area contributed by atoms with Crippen LogP contribution in [0.5, 0.6) is 0 Å². The average molecular weight is 253 g/mol. The molecule has 2 aliphatic rings. The Morgan fingerprint density at radius 1 is 1.65 bits per heavy atom. The molecule has 0 saturated carbocycles. The van der Waals surface area contributed by atoms with Gasteiger partial charge in [-0.3, -0.25) is 9.69 Å². The van der Waals surface area contributed by atoms with Crippen molar-refractivity contribution in [1.82, 2.24) is 4.90 Å². The van der Waals surface area contributed by atoms with E-state index in [1.165, 1.54) is 4.90 Å². The molecule has 1 saturated heterocycles. The molecule has 0 aromatic rings. The third kappa shape index (κ3) is 1.88. The van der Waals surface area contributed by atoms with Crippen molar-refractivity contribution in [2.24, 2.45) is 5.92 Å². The van der Waals surface area contributed by atoms with Crippen molar-refractivity contribution >= 4 is 23.6 Å². The van der Waals surface area contributed by atoms with Gasteiger partial charge in [-0.1, -0.05) is 26.0 Å². The molecule has 0 spiro atoms. The maximum atomic E-state index is 11.7. The van der Waals surface area contributed by atoms with Crippen LogP contribution in [-0.4, -0.2) is 33.0 Å². The number of rotatable bonds is 3. The molecule has 2 aliphatic heterocycles. The summed E-state index contributed by atoms with van der Waals surface area (Å²) in [7, 11) is 0. The Labute approximate surface area is 104 Å². The third-order valence-corrected chi connectivity index (χ3v) is 4.46. The molecule has 5 heteroatoms. The maximum absolute atomic E-state index is 11.7. The normalized spacial score (nSPS) is 28.4. The molecule has 4 nitrogen and oxygen atoms in total. The molecule has 2 rings (SSSR count). The second-order valence-electron chi connectivity index (χ2n) is 4.19. The van der Waals surface area contributed by atoms with Crippen molar-refractivity contribution < 1.29 is 14.7 Å². The van der Waals surface area contributed by atoms with E-state index in [0.29, 0.717) is 5.75 Å². The zero-order valence-electron chi connectivity index (χ0n) is 9.84. The zero-order chi connectivity index (χ0) is 12.6. The van der Waals surface area contributed by atoms with E-state index in [1.54, 1.807) is 11.8 Å². The highest BCUT2D eigenvalue weighted by Gasteiger charge is 2.50. The van der Waals surface area contributed by atoms with Crippen molar-refractivity contribution in [3.05, 3.63) is 23.4 Å². The highest BCUT2D eigenvalue weighted by atomic mass is 32.2. The summed E-state index contributed by atoms with van der Waals surface area (Å²) in [6.07, 6.45) is 4.60. The summed E-state index contributed by atoms with van der Waals surface area (Å²) in [6.45, 7) is 3.84. The van der Waals surface area contributed by atoms with Crippen molar-refractivity contribution in [3.8, 4) is 0 Å². The summed E-state index contributed by atoms with van der Waals surface area (Å²) in [5.41, 5.74) is 0.905. The van der Waals surface area contributed by atoms with Crippen LogP contribution in [0.2, 0.25) is 0 Å². The van der Waals surface area contributed by atoms with E-state index >= 15 is 0 Å². The van der Waals surface area contributed by atoms with Gasteiger partial charge < -0.3 is 5.11 Å². The summed E-state index contributed by atoms with van der Waals surface area (Å²) >= 11 is 1.64. The predicted molar refractivity (Wildman–Crippen MR) is 66.3 cm³/mol. The van der Waals surface area contributed by atoms with Gasteiger partial charge in [-0.15, -0.1) is 11.8 Å². The third-order valence-electron chi connectivity index (χ3n) is 3.02. The lowest BCUT2D eigenvalue weighted by Gasteiger charge is -2.48. The summed E-state index contributed by atoms with van der Waals surface area (Å²) in [5, 5.41) is 9.25. The molecule has 17 heavy (non-hydrogen) atoms. The van der Waals surface area contributed by atoms with Crippen LogP contribution in [0, 0.1) is 5.92 Å². The molecule has 1 amide bonds. The summed E-state index contributed by atoms with van der Waals surface area (Å²) in [4.78, 5) is 24.4. The first kappa shape index (κ1) is 12.2. The number of aliphatic carboxylic acids is 1. The van der Waals surface area contributed by atoms with Crippen molar-refractivity contribution in [2.45, 2.75) is 25.6 Å². The van der Waals surface area contributed by atoms with Crippen LogP contribution >= 0.6 is 11.8 Å². The summed E-state index contributed by atoms with van der Waals surface area (Å²) in [5.74, 6) is -0.490. The topological polar surface area (TPSA) is 57.6 Å². The Bertz CT molecular complexity index is 427. The van der Waals surface area contributed by atoms with Gasteiger partial charge in [0.05, 0.1) is 11.3 Å². The molecule has 1 unspecified atom stereocenters. The van der Waals surface area contributed by atoms with Crippen LogP contribution < -0.4 is 0 Å². The smallest absolute Gasteiger partial charge is 0.352 e. The minimum absolute atomic E-state index is 0.00683. The fourth-order valence-corrected chi connectivity index (χ4v) is 3.44. The Morgan fingerprint density at radius 3 is 2.94 bits per heavy atom. The number of β-lactam (4-membered cyclic amide) rings is 1. The number of amides is 1. The minimum Gasteiger partial charge on any atom is -0.477 e. The molecule has 0 aromatic heterocycles. The molecule has 0 radical (unpaired) electrons.